The van der Waals surface area contributed by atoms with E-state index >= 15 is 0 Å². The van der Waals surface area contributed by atoms with Gasteiger partial charge in [-0.2, -0.15) is 11.8 Å². The van der Waals surface area contributed by atoms with Crippen LogP contribution < -0.4 is 40.0 Å². The van der Waals surface area contributed by atoms with Crippen molar-refractivity contribution in [3.05, 3.63) is 70.9 Å². The van der Waals surface area contributed by atoms with Crippen molar-refractivity contribution in [2.24, 2.45) is 5.92 Å². The predicted octanol–water partition coefficient (Wildman–Crippen LogP) is 2.09. The van der Waals surface area contributed by atoms with E-state index in [1.807, 2.05) is 55.7 Å². The van der Waals surface area contributed by atoms with Gasteiger partial charge in [0.25, 0.3) is 5.91 Å². The van der Waals surface area contributed by atoms with Crippen molar-refractivity contribution in [3.63, 3.8) is 0 Å². The van der Waals surface area contributed by atoms with Crippen LogP contribution in [0.5, 0.6) is 0 Å². The first-order valence-electron chi connectivity index (χ1n) is 14.8. The molecule has 0 bridgehead atoms. The topological polar surface area (TPSA) is 108 Å². The minimum absolute atomic E-state index is 0. The molecule has 1 N–H and O–H groups in total. The molecule has 0 saturated heterocycles. The number of hydrogen-bond acceptors (Lipinski definition) is 7. The molecule has 0 aromatic heterocycles. The summed E-state index contributed by atoms with van der Waals surface area (Å²) in [6.07, 6.45) is 10.6. The molecule has 1 aliphatic carbocycles. The molecule has 0 radical (unpaired) electrons. The van der Waals surface area contributed by atoms with Gasteiger partial charge in [-0.05, 0) is 84.9 Å². The first-order valence-corrected chi connectivity index (χ1v) is 16.2. The SMILES string of the molecule is CSCC[C@H](NC(=O)c1ccc(COCC2=CCCN2C(=O)OCC2CCCCC2)cc1-c1ccccc1C)C(=O)[O-].[Na+]. The molecule has 1 heterocycles. The Hall–Kier alpha value is -2.30. The maximum absolute atomic E-state index is 13.3. The number of nitrogens with one attached hydrogen (secondary N) is 1. The number of aryl methyl sites for hydroxylation is 1. The molecule has 0 spiro atoms. The summed E-state index contributed by atoms with van der Waals surface area (Å²) in [4.78, 5) is 39.4. The average molecular weight is 617 g/mol. The quantitative estimate of drug-likeness (QED) is 0.344. The number of aliphatic carboxylic acids is 1. The fourth-order valence-corrected chi connectivity index (χ4v) is 6.02. The summed E-state index contributed by atoms with van der Waals surface area (Å²) in [5.41, 5.74) is 4.60. The van der Waals surface area contributed by atoms with E-state index in [4.69, 9.17) is 9.47 Å². The Morgan fingerprint density at radius 1 is 1.07 bits per heavy atom. The molecular formula is C33H41N2NaO6S. The standard InChI is InChI=1S/C33H42N2O6S.Na/c1-23-9-6-7-13-27(23)29-19-25(14-15-28(29)31(36)34-30(32(37)38)16-18-42-2)20-40-22-26-12-8-17-35(26)33(39)41-21-24-10-4-3-5-11-24;/h6-7,9,12-15,19,24,30H,3-5,8,10-11,16-18,20-22H2,1-2H3,(H,34,36)(H,37,38);/q;+1/p-1/t30-;/m0./s1. The molecule has 0 unspecified atom stereocenters. The van der Waals surface area contributed by atoms with Crippen molar-refractivity contribution in [1.82, 2.24) is 10.2 Å². The third-order valence-corrected chi connectivity index (χ3v) is 8.59. The number of rotatable bonds is 13. The van der Waals surface area contributed by atoms with Gasteiger partial charge in [-0.15, -0.1) is 0 Å². The van der Waals surface area contributed by atoms with Gasteiger partial charge in [0.2, 0.25) is 0 Å². The largest absolute Gasteiger partial charge is 1.00 e. The van der Waals surface area contributed by atoms with Gasteiger partial charge in [-0.1, -0.05) is 55.7 Å². The Kier molecular flexibility index (Phi) is 14.6. The molecule has 2 aromatic rings. The van der Waals surface area contributed by atoms with E-state index in [-0.39, 0.29) is 55.3 Å². The van der Waals surface area contributed by atoms with E-state index in [0.717, 1.165) is 41.6 Å². The van der Waals surface area contributed by atoms with Crippen molar-refractivity contribution in [3.8, 4) is 11.1 Å². The predicted molar refractivity (Wildman–Crippen MR) is 163 cm³/mol. The van der Waals surface area contributed by atoms with E-state index in [1.165, 1.54) is 31.0 Å². The maximum atomic E-state index is 13.3. The average Bonchev–Trinajstić information content (AvgIpc) is 3.47. The molecular weight excluding hydrogens is 575 g/mol. The number of carbonyl (C=O) groups is 3. The molecule has 1 atom stereocenters. The van der Waals surface area contributed by atoms with Crippen LogP contribution in [0.2, 0.25) is 0 Å². The molecule has 1 aliphatic heterocycles. The molecule has 43 heavy (non-hydrogen) atoms. The van der Waals surface area contributed by atoms with E-state index in [2.05, 4.69) is 5.32 Å². The zero-order valence-electron chi connectivity index (χ0n) is 25.6. The Labute approximate surface area is 281 Å². The van der Waals surface area contributed by atoms with Crippen LogP contribution in [-0.2, 0) is 20.9 Å². The second-order valence-corrected chi connectivity index (χ2v) is 12.0. The van der Waals surface area contributed by atoms with Gasteiger partial charge in [-0.3, -0.25) is 9.69 Å². The molecule has 2 amide bonds. The number of ether oxygens (including phenoxy) is 2. The zero-order chi connectivity index (χ0) is 29.9. The van der Waals surface area contributed by atoms with Crippen LogP contribution in [0, 0.1) is 12.8 Å². The number of carboxylic acids is 1. The second-order valence-electron chi connectivity index (χ2n) is 11.0. The van der Waals surface area contributed by atoms with Crippen LogP contribution in [0.4, 0.5) is 4.79 Å². The van der Waals surface area contributed by atoms with Crippen LogP contribution in [0.15, 0.2) is 54.2 Å². The molecule has 2 aromatic carbocycles. The fourth-order valence-electron chi connectivity index (χ4n) is 5.55. The van der Waals surface area contributed by atoms with Crippen molar-refractivity contribution in [1.29, 1.82) is 0 Å². The van der Waals surface area contributed by atoms with Crippen molar-refractivity contribution >= 4 is 29.7 Å². The summed E-state index contributed by atoms with van der Waals surface area (Å²) >= 11 is 1.51. The van der Waals surface area contributed by atoms with Gasteiger partial charge in [0.05, 0.1) is 31.8 Å². The molecule has 4 rings (SSSR count). The number of thioether (sulfide) groups is 1. The monoisotopic (exact) mass is 616 g/mol. The first kappa shape index (κ1) is 35.2. The number of nitrogens with zero attached hydrogens (tertiary/aromatic N) is 1. The zero-order valence-corrected chi connectivity index (χ0v) is 28.4. The first-order chi connectivity index (χ1) is 20.4. The number of amides is 2. The van der Waals surface area contributed by atoms with Crippen LogP contribution in [0.25, 0.3) is 11.1 Å². The van der Waals surface area contributed by atoms with Crippen LogP contribution in [-0.4, -0.2) is 60.7 Å². The third-order valence-electron chi connectivity index (χ3n) is 7.95. The number of benzene rings is 2. The molecule has 10 heteroatoms. The molecule has 1 saturated carbocycles. The van der Waals surface area contributed by atoms with Gasteiger partial charge in [0, 0.05) is 17.8 Å². The van der Waals surface area contributed by atoms with Crippen LogP contribution >= 0.6 is 11.8 Å². The van der Waals surface area contributed by atoms with Gasteiger partial charge in [0.15, 0.2) is 0 Å². The minimum atomic E-state index is -1.30. The van der Waals surface area contributed by atoms with E-state index in [1.54, 1.807) is 11.0 Å². The minimum Gasteiger partial charge on any atom is -0.548 e. The van der Waals surface area contributed by atoms with Gasteiger partial charge >= 0.3 is 35.7 Å². The third kappa shape index (κ3) is 10.1. The Bertz CT molecular complexity index is 1280. The molecule has 226 valence electrons. The Balaban J connectivity index is 0.00000506. The van der Waals surface area contributed by atoms with Crippen LogP contribution in [0.1, 0.15) is 66.4 Å². The van der Waals surface area contributed by atoms with Crippen LogP contribution in [0.3, 0.4) is 0 Å². The van der Waals surface area contributed by atoms with Crippen molar-refractivity contribution in [2.75, 3.05) is 31.8 Å². The number of hydrogen-bond donors (Lipinski definition) is 1. The van der Waals surface area contributed by atoms with E-state index < -0.39 is 17.9 Å². The van der Waals surface area contributed by atoms with Gasteiger partial charge < -0.3 is 24.7 Å². The smallest absolute Gasteiger partial charge is 0.548 e. The van der Waals surface area contributed by atoms with Crippen molar-refractivity contribution < 1.29 is 58.5 Å². The summed E-state index contributed by atoms with van der Waals surface area (Å²) in [6, 6.07) is 12.1. The maximum Gasteiger partial charge on any atom is 1.00 e. The summed E-state index contributed by atoms with van der Waals surface area (Å²) in [7, 11) is 0. The second kappa shape index (κ2) is 17.9. The van der Waals surface area contributed by atoms with Gasteiger partial charge in [0.1, 0.15) is 0 Å². The summed E-state index contributed by atoms with van der Waals surface area (Å²) in [5.74, 6) is -0.711. The molecule has 8 nitrogen and oxygen atoms in total. The van der Waals surface area contributed by atoms with Gasteiger partial charge in [-0.25, -0.2) is 4.79 Å². The summed E-state index contributed by atoms with van der Waals surface area (Å²) in [6.45, 7) is 3.58. The summed E-state index contributed by atoms with van der Waals surface area (Å²) in [5, 5.41) is 14.3. The van der Waals surface area contributed by atoms with E-state index in [0.29, 0.717) is 35.9 Å². The van der Waals surface area contributed by atoms with Crippen molar-refractivity contribution in [2.45, 2.75) is 64.5 Å². The Morgan fingerprint density at radius 3 is 2.56 bits per heavy atom. The fraction of sp³-hybridized carbons (Fsp3) is 0.485. The normalized spacial score (nSPS) is 15.8. The summed E-state index contributed by atoms with van der Waals surface area (Å²) < 4.78 is 11.7. The van der Waals surface area contributed by atoms with E-state index in [9.17, 15) is 19.5 Å². The molecule has 1 fully saturated rings. The number of carbonyl (C=O) groups excluding carboxylic acids is 3. The molecule has 2 aliphatic rings. The Morgan fingerprint density at radius 2 is 1.84 bits per heavy atom. The number of carboxylic acid groups (broad SMARTS) is 1.